The lowest BCUT2D eigenvalue weighted by molar-refractivity contribution is -0.387. The number of aryl methyl sites for hydroxylation is 1. The number of rotatable bonds is 2. The van der Waals surface area contributed by atoms with Crippen LogP contribution in [0.5, 0.6) is 0 Å². The molecule has 1 aromatic rings. The zero-order chi connectivity index (χ0) is 11.6. The summed E-state index contributed by atoms with van der Waals surface area (Å²) in [6, 6.07) is 1.75. The molecule has 1 aromatic carbocycles. The third-order valence-corrected chi connectivity index (χ3v) is 1.73. The molecule has 2 N–H and O–H groups in total. The second kappa shape index (κ2) is 3.91. The average molecular weight is 214 g/mol. The van der Waals surface area contributed by atoms with Crippen molar-refractivity contribution < 1.29 is 19.2 Å². The van der Waals surface area contributed by atoms with Gasteiger partial charge in [-0.3, -0.25) is 15.4 Å². The summed E-state index contributed by atoms with van der Waals surface area (Å²) in [5.41, 5.74) is -0.403. The van der Waals surface area contributed by atoms with E-state index in [2.05, 4.69) is 0 Å². The molecular weight excluding hydrogens is 207 g/mol. The van der Waals surface area contributed by atoms with E-state index in [0.29, 0.717) is 0 Å². The predicted molar refractivity (Wildman–Crippen MR) is 49.4 cm³/mol. The fourth-order valence-corrected chi connectivity index (χ4v) is 1.06. The lowest BCUT2D eigenvalue weighted by atomic mass is 10.1. The molecule has 0 atom stereocenters. The first-order chi connectivity index (χ1) is 6.91. The number of carbonyl (C=O) groups is 1. The highest BCUT2D eigenvalue weighted by molar-refractivity contribution is 5.84. The molecule has 80 valence electrons. The molecule has 0 heterocycles. The molecule has 15 heavy (non-hydrogen) atoms. The maximum Gasteiger partial charge on any atom is 0.409 e. The molecule has 0 saturated carbocycles. The van der Waals surface area contributed by atoms with E-state index in [9.17, 15) is 19.3 Å². The number of hydrogen-bond donors (Lipinski definition) is 2. The van der Waals surface area contributed by atoms with Crippen LogP contribution in [0.3, 0.4) is 0 Å². The molecule has 0 spiro atoms. The van der Waals surface area contributed by atoms with Crippen LogP contribution in [0.4, 0.5) is 20.6 Å². The van der Waals surface area contributed by atoms with Gasteiger partial charge in [-0.15, -0.1) is 0 Å². The fraction of sp³-hybridized carbons (Fsp3) is 0.125. The normalized spacial score (nSPS) is 9.73. The standard InChI is InChI=1S/C8H7FN2O4/c1-4-2-7(11(14)15)5(9)3-6(4)10-8(12)13/h2-3,10H,1H3,(H,12,13). The van der Waals surface area contributed by atoms with Crippen LogP contribution in [0, 0.1) is 22.9 Å². The Morgan fingerprint density at radius 1 is 1.60 bits per heavy atom. The van der Waals surface area contributed by atoms with Gasteiger partial charge in [0.15, 0.2) is 0 Å². The topological polar surface area (TPSA) is 92.5 Å². The van der Waals surface area contributed by atoms with E-state index < -0.39 is 22.5 Å². The van der Waals surface area contributed by atoms with Crippen molar-refractivity contribution in [2.75, 3.05) is 5.32 Å². The van der Waals surface area contributed by atoms with Gasteiger partial charge in [0.2, 0.25) is 5.82 Å². The summed E-state index contributed by atoms with van der Waals surface area (Å²) in [5, 5.41) is 20.7. The third kappa shape index (κ3) is 2.39. The minimum absolute atomic E-state index is 0.00870. The van der Waals surface area contributed by atoms with Crippen molar-refractivity contribution in [2.45, 2.75) is 6.92 Å². The van der Waals surface area contributed by atoms with Crippen LogP contribution < -0.4 is 5.32 Å². The minimum Gasteiger partial charge on any atom is -0.465 e. The number of anilines is 1. The highest BCUT2D eigenvalue weighted by atomic mass is 19.1. The maximum absolute atomic E-state index is 13.1. The average Bonchev–Trinajstić information content (AvgIpc) is 2.09. The number of nitro groups is 1. The molecule has 7 heteroatoms. The van der Waals surface area contributed by atoms with Gasteiger partial charge in [0.25, 0.3) is 0 Å². The Morgan fingerprint density at radius 2 is 2.20 bits per heavy atom. The fourth-order valence-electron chi connectivity index (χ4n) is 1.06. The van der Waals surface area contributed by atoms with Gasteiger partial charge in [0, 0.05) is 12.1 Å². The molecule has 0 aliphatic heterocycles. The van der Waals surface area contributed by atoms with Gasteiger partial charge < -0.3 is 5.11 Å². The molecule has 0 aliphatic rings. The van der Waals surface area contributed by atoms with Crippen LogP contribution >= 0.6 is 0 Å². The molecule has 6 nitrogen and oxygen atoms in total. The first kappa shape index (κ1) is 10.9. The second-order valence-electron chi connectivity index (χ2n) is 2.81. The van der Waals surface area contributed by atoms with E-state index >= 15 is 0 Å². The number of nitrogens with zero attached hydrogens (tertiary/aromatic N) is 1. The molecule has 1 rings (SSSR count). The Kier molecular flexibility index (Phi) is 2.84. The summed E-state index contributed by atoms with van der Waals surface area (Å²) < 4.78 is 13.1. The maximum atomic E-state index is 13.1. The molecular formula is C8H7FN2O4. The van der Waals surface area contributed by atoms with Gasteiger partial charge in [-0.2, -0.15) is 4.39 Å². The molecule has 0 unspecified atom stereocenters. The highest BCUT2D eigenvalue weighted by Gasteiger charge is 2.17. The summed E-state index contributed by atoms with van der Waals surface area (Å²) in [6.45, 7) is 1.44. The van der Waals surface area contributed by atoms with Crippen molar-refractivity contribution in [1.29, 1.82) is 0 Å². The summed E-state index contributed by atoms with van der Waals surface area (Å²) in [6.07, 6.45) is -1.36. The van der Waals surface area contributed by atoms with Crippen molar-refractivity contribution in [2.24, 2.45) is 0 Å². The smallest absolute Gasteiger partial charge is 0.409 e. The van der Waals surface area contributed by atoms with Crippen LogP contribution in [0.1, 0.15) is 5.56 Å². The Morgan fingerprint density at radius 3 is 2.67 bits per heavy atom. The molecule has 0 fully saturated rings. The molecule has 1 amide bonds. The van der Waals surface area contributed by atoms with E-state index in [-0.39, 0.29) is 11.3 Å². The van der Waals surface area contributed by atoms with E-state index in [4.69, 9.17) is 5.11 Å². The van der Waals surface area contributed by atoms with E-state index in [1.54, 1.807) is 0 Å². The number of nitro benzene ring substituents is 1. The van der Waals surface area contributed by atoms with Gasteiger partial charge >= 0.3 is 11.8 Å². The second-order valence-corrected chi connectivity index (χ2v) is 2.81. The van der Waals surface area contributed by atoms with Gasteiger partial charge in [0.05, 0.1) is 10.6 Å². The van der Waals surface area contributed by atoms with Crippen LogP contribution in [0.15, 0.2) is 12.1 Å². The first-order valence-corrected chi connectivity index (χ1v) is 3.86. The van der Waals surface area contributed by atoms with Crippen molar-refractivity contribution in [3.63, 3.8) is 0 Å². The number of amides is 1. The van der Waals surface area contributed by atoms with E-state index in [1.165, 1.54) is 6.92 Å². The largest absolute Gasteiger partial charge is 0.465 e. The van der Waals surface area contributed by atoms with Gasteiger partial charge in [0.1, 0.15) is 0 Å². The minimum atomic E-state index is -1.36. The number of benzene rings is 1. The van der Waals surface area contributed by atoms with E-state index in [1.807, 2.05) is 5.32 Å². The Hall–Kier alpha value is -2.18. The summed E-state index contributed by atoms with van der Waals surface area (Å²) in [5.74, 6) is -1.07. The monoisotopic (exact) mass is 214 g/mol. The third-order valence-electron chi connectivity index (χ3n) is 1.73. The predicted octanol–water partition coefficient (Wildman–Crippen LogP) is 2.13. The van der Waals surface area contributed by atoms with Gasteiger partial charge in [-0.1, -0.05) is 0 Å². The SMILES string of the molecule is Cc1cc([N+](=O)[O-])c(F)cc1NC(=O)O. The van der Waals surface area contributed by atoms with Crippen molar-refractivity contribution in [3.8, 4) is 0 Å². The zero-order valence-corrected chi connectivity index (χ0v) is 7.65. The van der Waals surface area contributed by atoms with Crippen molar-refractivity contribution >= 4 is 17.5 Å². The molecule has 0 saturated heterocycles. The van der Waals surface area contributed by atoms with Crippen LogP contribution in [-0.2, 0) is 0 Å². The molecule has 0 aromatic heterocycles. The molecule has 0 aliphatic carbocycles. The number of nitrogens with one attached hydrogen (secondary N) is 1. The zero-order valence-electron chi connectivity index (χ0n) is 7.65. The summed E-state index contributed by atoms with van der Waals surface area (Å²) in [4.78, 5) is 19.8. The number of carboxylic acid groups (broad SMARTS) is 1. The highest BCUT2D eigenvalue weighted by Crippen LogP contribution is 2.25. The molecule has 0 bridgehead atoms. The lowest BCUT2D eigenvalue weighted by Gasteiger charge is -2.05. The lowest BCUT2D eigenvalue weighted by Crippen LogP contribution is -2.09. The Balaban J connectivity index is 3.19. The first-order valence-electron chi connectivity index (χ1n) is 3.86. The Labute approximate surface area is 83.5 Å². The summed E-state index contributed by atoms with van der Waals surface area (Å²) in [7, 11) is 0. The van der Waals surface area contributed by atoms with Crippen molar-refractivity contribution in [1.82, 2.24) is 0 Å². The van der Waals surface area contributed by atoms with Crippen LogP contribution in [-0.4, -0.2) is 16.1 Å². The van der Waals surface area contributed by atoms with Gasteiger partial charge in [-0.05, 0) is 12.5 Å². The van der Waals surface area contributed by atoms with E-state index in [0.717, 1.165) is 12.1 Å². The van der Waals surface area contributed by atoms with Gasteiger partial charge in [-0.25, -0.2) is 4.79 Å². The van der Waals surface area contributed by atoms with Crippen LogP contribution in [0.2, 0.25) is 0 Å². The number of halogens is 1. The van der Waals surface area contributed by atoms with Crippen molar-refractivity contribution in [3.05, 3.63) is 33.6 Å². The quantitative estimate of drug-likeness (QED) is 0.582. The van der Waals surface area contributed by atoms with Crippen LogP contribution in [0.25, 0.3) is 0 Å². The molecule has 0 radical (unpaired) electrons. The Bertz CT molecular complexity index is 433. The summed E-state index contributed by atoms with van der Waals surface area (Å²) >= 11 is 0. The number of hydrogen-bond acceptors (Lipinski definition) is 3.